The highest BCUT2D eigenvalue weighted by molar-refractivity contribution is 14.1. The second-order valence-corrected chi connectivity index (χ2v) is 7.61. The molecule has 0 saturated heterocycles. The van der Waals surface area contributed by atoms with Crippen LogP contribution in [0.15, 0.2) is 6.07 Å². The second-order valence-electron chi connectivity index (χ2n) is 6.51. The van der Waals surface area contributed by atoms with Gasteiger partial charge in [0.25, 0.3) is 0 Å². The molecule has 2 aliphatic carbocycles. The van der Waals surface area contributed by atoms with Crippen molar-refractivity contribution in [2.45, 2.75) is 38.6 Å². The summed E-state index contributed by atoms with van der Waals surface area (Å²) in [6.07, 6.45) is 1.91. The zero-order valence-corrected chi connectivity index (χ0v) is 13.5. The van der Waals surface area contributed by atoms with Crippen molar-refractivity contribution in [1.29, 1.82) is 0 Å². The zero-order chi connectivity index (χ0) is 13.8. The highest BCUT2D eigenvalue weighted by Crippen LogP contribution is 2.68. The fourth-order valence-corrected chi connectivity index (χ4v) is 4.42. The predicted molar refractivity (Wildman–Crippen MR) is 80.9 cm³/mol. The van der Waals surface area contributed by atoms with E-state index in [9.17, 15) is 10.2 Å². The zero-order valence-electron chi connectivity index (χ0n) is 11.4. The van der Waals surface area contributed by atoms with Gasteiger partial charge in [-0.15, -0.1) is 0 Å². The fraction of sp³-hybridized carbons (Fsp3) is 0.786. The number of aromatic nitrogens is 2. The first kappa shape index (κ1) is 13.8. The van der Waals surface area contributed by atoms with Gasteiger partial charge in [0.2, 0.25) is 0 Å². The van der Waals surface area contributed by atoms with E-state index in [2.05, 4.69) is 52.3 Å². The van der Waals surface area contributed by atoms with Gasteiger partial charge in [0.15, 0.2) is 0 Å². The van der Waals surface area contributed by atoms with Crippen molar-refractivity contribution in [3.63, 3.8) is 0 Å². The van der Waals surface area contributed by atoms with E-state index in [4.69, 9.17) is 0 Å². The molecule has 0 aromatic carbocycles. The Hall–Kier alpha value is -0.140. The summed E-state index contributed by atoms with van der Waals surface area (Å²) in [5.41, 5.74) is 1.13. The van der Waals surface area contributed by atoms with Gasteiger partial charge < -0.3 is 10.2 Å². The number of fused-ring (bicyclic) bond motifs is 1. The minimum absolute atomic E-state index is 0.115. The maximum Gasteiger partial charge on any atom is 0.123 e. The van der Waals surface area contributed by atoms with Gasteiger partial charge in [-0.1, -0.05) is 0 Å². The molecule has 1 aromatic heterocycles. The van der Waals surface area contributed by atoms with Gasteiger partial charge in [-0.3, -0.25) is 4.68 Å². The number of hydrogen-bond donors (Lipinski definition) is 2. The van der Waals surface area contributed by atoms with Crippen molar-refractivity contribution >= 4 is 22.6 Å². The molecule has 2 fully saturated rings. The van der Waals surface area contributed by atoms with E-state index in [0.29, 0.717) is 23.8 Å². The Balaban J connectivity index is 1.79. The highest BCUT2D eigenvalue weighted by atomic mass is 127. The first-order chi connectivity index (χ1) is 9.01. The van der Waals surface area contributed by atoms with Crippen LogP contribution in [0.4, 0.5) is 0 Å². The molecule has 3 atom stereocenters. The van der Waals surface area contributed by atoms with Crippen LogP contribution in [0.2, 0.25) is 0 Å². The lowest BCUT2D eigenvalue weighted by molar-refractivity contribution is 0.0481. The van der Waals surface area contributed by atoms with E-state index in [-0.39, 0.29) is 18.6 Å². The van der Waals surface area contributed by atoms with E-state index in [1.807, 2.05) is 0 Å². The van der Waals surface area contributed by atoms with Crippen molar-refractivity contribution in [2.24, 2.45) is 17.3 Å². The molecule has 2 saturated carbocycles. The minimum Gasteiger partial charge on any atom is -0.396 e. The number of aliphatic hydroxyl groups is 2. The van der Waals surface area contributed by atoms with E-state index in [1.54, 1.807) is 0 Å². The van der Waals surface area contributed by atoms with Crippen LogP contribution in [-0.2, 0) is 0 Å². The molecule has 0 radical (unpaired) electrons. The lowest BCUT2D eigenvalue weighted by Crippen LogP contribution is -2.28. The van der Waals surface area contributed by atoms with E-state index in [0.717, 1.165) is 16.5 Å². The van der Waals surface area contributed by atoms with Gasteiger partial charge in [-0.25, -0.2) is 0 Å². The second kappa shape index (κ2) is 4.70. The fourth-order valence-electron chi connectivity index (χ4n) is 3.87. The molecule has 1 aromatic rings. The summed E-state index contributed by atoms with van der Waals surface area (Å²) in [5, 5.41) is 23.5. The van der Waals surface area contributed by atoms with Crippen LogP contribution in [0.3, 0.4) is 0 Å². The first-order valence-corrected chi connectivity index (χ1v) is 8.06. The Morgan fingerprint density at radius 1 is 1.37 bits per heavy atom. The summed E-state index contributed by atoms with van der Waals surface area (Å²) >= 11 is 2.27. The number of rotatable bonds is 4. The van der Waals surface area contributed by atoms with E-state index < -0.39 is 0 Å². The molecule has 3 rings (SSSR count). The molecular formula is C14H21IN2O2. The molecule has 2 aliphatic rings. The van der Waals surface area contributed by atoms with Crippen LogP contribution in [0.25, 0.3) is 0 Å². The van der Waals surface area contributed by atoms with Crippen LogP contribution in [-0.4, -0.2) is 33.2 Å². The van der Waals surface area contributed by atoms with Crippen LogP contribution < -0.4 is 0 Å². The Morgan fingerprint density at radius 3 is 2.42 bits per heavy atom. The summed E-state index contributed by atoms with van der Waals surface area (Å²) < 4.78 is 3.20. The third kappa shape index (κ3) is 2.14. The quantitative estimate of drug-likeness (QED) is 0.792. The van der Waals surface area contributed by atoms with Crippen molar-refractivity contribution < 1.29 is 10.2 Å². The summed E-state index contributed by atoms with van der Waals surface area (Å²) in [6, 6.07) is 2.59. The molecule has 106 valence electrons. The molecule has 1 unspecified atom stereocenters. The number of aliphatic hydroxyl groups excluding tert-OH is 2. The van der Waals surface area contributed by atoms with Crippen molar-refractivity contribution in [3.05, 3.63) is 15.5 Å². The smallest absolute Gasteiger partial charge is 0.123 e. The lowest BCUT2D eigenvalue weighted by atomic mass is 9.82. The van der Waals surface area contributed by atoms with E-state index >= 15 is 0 Å². The summed E-state index contributed by atoms with van der Waals surface area (Å²) in [6.45, 7) is 4.56. The largest absolute Gasteiger partial charge is 0.396 e. The Kier molecular flexibility index (Phi) is 3.42. The van der Waals surface area contributed by atoms with Crippen LogP contribution in [0.5, 0.6) is 0 Å². The SMILES string of the molecule is CC(C)n1nc(I)cc1C1[C@H]2CC(CO)(CO)C[C@@H]12. The standard InChI is InChI=1S/C14H21IN2O2/c1-8(2)17-11(3-12(15)16-17)13-9-4-14(6-18,7-19)5-10(9)13/h3,8-10,13,18-19H,4-7H2,1-2H3/t9-,10+,13?. The molecule has 19 heavy (non-hydrogen) atoms. The molecular weight excluding hydrogens is 355 g/mol. The van der Waals surface area contributed by atoms with Crippen LogP contribution in [0.1, 0.15) is 44.3 Å². The lowest BCUT2D eigenvalue weighted by Gasteiger charge is -2.27. The van der Waals surface area contributed by atoms with Crippen molar-refractivity contribution in [2.75, 3.05) is 13.2 Å². The molecule has 5 heteroatoms. The number of hydrogen-bond acceptors (Lipinski definition) is 3. The summed E-state index contributed by atoms with van der Waals surface area (Å²) in [5.74, 6) is 1.85. The highest BCUT2D eigenvalue weighted by Gasteiger charge is 2.62. The maximum absolute atomic E-state index is 9.48. The predicted octanol–water partition coefficient (Wildman–Crippen LogP) is 2.16. The van der Waals surface area contributed by atoms with Gasteiger partial charge in [-0.05, 0) is 67.2 Å². The first-order valence-electron chi connectivity index (χ1n) is 6.98. The summed E-state index contributed by atoms with van der Waals surface area (Å²) in [7, 11) is 0. The molecule has 4 nitrogen and oxygen atoms in total. The van der Waals surface area contributed by atoms with Crippen molar-refractivity contribution in [1.82, 2.24) is 9.78 Å². The molecule has 1 heterocycles. The van der Waals surface area contributed by atoms with Gasteiger partial charge in [-0.2, -0.15) is 5.10 Å². The van der Waals surface area contributed by atoms with Gasteiger partial charge in [0, 0.05) is 23.1 Å². The van der Waals surface area contributed by atoms with Crippen LogP contribution >= 0.6 is 22.6 Å². The van der Waals surface area contributed by atoms with Gasteiger partial charge in [0.1, 0.15) is 3.70 Å². The third-order valence-corrected chi connectivity index (χ3v) is 5.43. The minimum atomic E-state index is -0.221. The molecule has 0 spiro atoms. The number of nitrogens with zero attached hydrogens (tertiary/aromatic N) is 2. The Morgan fingerprint density at radius 2 is 1.95 bits per heavy atom. The third-order valence-electron chi connectivity index (χ3n) is 4.91. The average molecular weight is 376 g/mol. The Labute approximate surface area is 127 Å². The average Bonchev–Trinajstić information content (AvgIpc) is 2.78. The molecule has 0 bridgehead atoms. The molecule has 0 amide bonds. The van der Waals surface area contributed by atoms with Crippen LogP contribution in [0, 0.1) is 21.0 Å². The van der Waals surface area contributed by atoms with Gasteiger partial charge >= 0.3 is 0 Å². The van der Waals surface area contributed by atoms with E-state index in [1.165, 1.54) is 5.69 Å². The Bertz CT molecular complexity index is 468. The molecule has 2 N–H and O–H groups in total. The maximum atomic E-state index is 9.48. The molecule has 0 aliphatic heterocycles. The monoisotopic (exact) mass is 376 g/mol. The normalized spacial score (nSPS) is 31.8. The topological polar surface area (TPSA) is 58.3 Å². The number of halogens is 1. The van der Waals surface area contributed by atoms with Crippen molar-refractivity contribution in [3.8, 4) is 0 Å². The summed E-state index contributed by atoms with van der Waals surface area (Å²) in [4.78, 5) is 0. The van der Waals surface area contributed by atoms with Gasteiger partial charge in [0.05, 0.1) is 13.2 Å².